The van der Waals surface area contributed by atoms with E-state index in [0.29, 0.717) is 35.3 Å². The van der Waals surface area contributed by atoms with Gasteiger partial charge in [-0.15, -0.1) is 0 Å². The van der Waals surface area contributed by atoms with Gasteiger partial charge < -0.3 is 20.3 Å². The third kappa shape index (κ3) is 4.59. The highest BCUT2D eigenvalue weighted by Crippen LogP contribution is 2.26. The van der Waals surface area contributed by atoms with Crippen LogP contribution in [0.5, 0.6) is 0 Å². The minimum Gasteiger partial charge on any atom is -0.352 e. The van der Waals surface area contributed by atoms with E-state index in [2.05, 4.69) is 51.5 Å². The minimum absolute atomic E-state index is 0.165. The fraction of sp³-hybridized carbons (Fsp3) is 0.281. The molecule has 6 rings (SSSR count). The fourth-order valence-electron chi connectivity index (χ4n) is 5.74. The summed E-state index contributed by atoms with van der Waals surface area (Å²) in [5.74, 6) is 0.278. The summed E-state index contributed by atoms with van der Waals surface area (Å²) in [4.78, 5) is 38.7. The maximum atomic E-state index is 13.4. The number of aryl methyl sites for hydroxylation is 3. The quantitative estimate of drug-likeness (QED) is 0.200. The van der Waals surface area contributed by atoms with Crippen LogP contribution >= 0.6 is 0 Å². The molecule has 3 aromatic carbocycles. The van der Waals surface area contributed by atoms with Crippen LogP contribution in [0.25, 0.3) is 21.8 Å². The topological polar surface area (TPSA) is 117 Å². The Balaban J connectivity index is 1.18. The van der Waals surface area contributed by atoms with Gasteiger partial charge in [0.05, 0.1) is 16.7 Å². The van der Waals surface area contributed by atoms with Gasteiger partial charge in [0.15, 0.2) is 11.6 Å². The summed E-state index contributed by atoms with van der Waals surface area (Å²) in [6, 6.07) is 17.9. The van der Waals surface area contributed by atoms with Gasteiger partial charge >= 0.3 is 0 Å². The lowest BCUT2D eigenvalue weighted by molar-refractivity contribution is 0.0953. The van der Waals surface area contributed by atoms with Gasteiger partial charge in [0.1, 0.15) is 0 Å². The second-order valence-corrected chi connectivity index (χ2v) is 10.8. The van der Waals surface area contributed by atoms with E-state index in [0.717, 1.165) is 30.7 Å². The van der Waals surface area contributed by atoms with Crippen molar-refractivity contribution >= 4 is 39.2 Å². The number of imidazole rings is 2. The summed E-state index contributed by atoms with van der Waals surface area (Å²) in [5.41, 5.74) is 6.80. The number of hydrogen-bond donors (Lipinski definition) is 3. The Kier molecular flexibility index (Phi) is 6.54. The van der Waals surface area contributed by atoms with Crippen molar-refractivity contribution in [2.45, 2.75) is 39.5 Å². The largest absolute Gasteiger partial charge is 0.352 e. The molecule has 0 saturated heterocycles. The van der Waals surface area contributed by atoms with Crippen LogP contribution in [0.1, 0.15) is 62.7 Å². The van der Waals surface area contributed by atoms with E-state index in [1.54, 1.807) is 29.8 Å². The molecule has 1 amide bonds. The van der Waals surface area contributed by atoms with Crippen LogP contribution < -0.4 is 5.32 Å². The maximum absolute atomic E-state index is 13.4. The average molecular weight is 533 g/mol. The SMILES string of the molecule is CC(=N)C1CCc2nc(C(=O)c3nc4ccc(C(=O)NCCc5ccc(C)c6ccccc56)cc4n3C)[nH]c2C1. The van der Waals surface area contributed by atoms with Gasteiger partial charge in [-0.25, -0.2) is 9.97 Å². The summed E-state index contributed by atoms with van der Waals surface area (Å²) in [6.07, 6.45) is 3.05. The molecular weight excluding hydrogens is 500 g/mol. The first kappa shape index (κ1) is 25.7. The minimum atomic E-state index is -0.285. The molecular formula is C32H32N6O2. The average Bonchev–Trinajstić information content (AvgIpc) is 3.54. The molecule has 3 N–H and O–H groups in total. The number of rotatable bonds is 7. The van der Waals surface area contributed by atoms with Gasteiger partial charge in [0, 0.05) is 36.5 Å². The van der Waals surface area contributed by atoms with Crippen molar-refractivity contribution in [1.82, 2.24) is 24.8 Å². The zero-order valence-electron chi connectivity index (χ0n) is 23.0. The van der Waals surface area contributed by atoms with Crippen molar-refractivity contribution in [3.8, 4) is 0 Å². The number of nitrogens with zero attached hydrogens (tertiary/aromatic N) is 3. The third-order valence-corrected chi connectivity index (χ3v) is 8.13. The number of aromatic nitrogens is 4. The molecule has 1 atom stereocenters. The van der Waals surface area contributed by atoms with E-state index in [9.17, 15) is 9.59 Å². The van der Waals surface area contributed by atoms with Crippen LogP contribution in [-0.2, 0) is 26.3 Å². The molecule has 5 aromatic rings. The Hall–Kier alpha value is -4.59. The maximum Gasteiger partial charge on any atom is 0.263 e. The lowest BCUT2D eigenvalue weighted by Crippen LogP contribution is -2.25. The molecule has 0 bridgehead atoms. The van der Waals surface area contributed by atoms with Crippen LogP contribution in [0.3, 0.4) is 0 Å². The molecule has 40 heavy (non-hydrogen) atoms. The van der Waals surface area contributed by atoms with Crippen molar-refractivity contribution in [3.63, 3.8) is 0 Å². The zero-order valence-corrected chi connectivity index (χ0v) is 23.0. The summed E-state index contributed by atoms with van der Waals surface area (Å²) in [7, 11) is 1.78. The molecule has 0 fully saturated rings. The Bertz CT molecular complexity index is 1810. The number of carbonyl (C=O) groups excluding carboxylic acids is 2. The molecule has 1 aliphatic carbocycles. The van der Waals surface area contributed by atoms with E-state index in [1.165, 1.54) is 21.9 Å². The van der Waals surface area contributed by atoms with Gasteiger partial charge in [-0.05, 0) is 79.6 Å². The van der Waals surface area contributed by atoms with Gasteiger partial charge in [-0.1, -0.05) is 36.4 Å². The van der Waals surface area contributed by atoms with Crippen molar-refractivity contribution in [3.05, 3.63) is 94.3 Å². The number of fused-ring (bicyclic) bond motifs is 3. The molecule has 1 unspecified atom stereocenters. The highest BCUT2D eigenvalue weighted by molar-refractivity contribution is 6.06. The first-order valence-electron chi connectivity index (χ1n) is 13.7. The van der Waals surface area contributed by atoms with Crippen molar-refractivity contribution in [2.24, 2.45) is 13.0 Å². The highest BCUT2D eigenvalue weighted by atomic mass is 16.1. The van der Waals surface area contributed by atoms with Crippen LogP contribution in [0.4, 0.5) is 0 Å². The number of nitrogens with one attached hydrogen (secondary N) is 3. The van der Waals surface area contributed by atoms with Crippen LogP contribution in [0.2, 0.25) is 0 Å². The molecule has 0 radical (unpaired) electrons. The number of hydrogen-bond acceptors (Lipinski definition) is 5. The number of carbonyl (C=O) groups is 2. The molecule has 202 valence electrons. The number of benzene rings is 3. The summed E-state index contributed by atoms with van der Waals surface area (Å²) < 4.78 is 1.72. The molecule has 8 heteroatoms. The third-order valence-electron chi connectivity index (χ3n) is 8.13. The lowest BCUT2D eigenvalue weighted by Gasteiger charge is -2.19. The molecule has 2 heterocycles. The molecule has 0 spiro atoms. The zero-order chi connectivity index (χ0) is 28.0. The van der Waals surface area contributed by atoms with E-state index >= 15 is 0 Å². The standard InChI is InChI=1S/C32H32N6O2/c1-18-8-9-20(24-7-5-4-6-23(18)24)14-15-34-32(40)22-11-13-26-28(17-22)38(3)31(37-26)29(39)30-35-25-12-10-21(19(2)33)16-27(25)36-30/h4-9,11,13,17,21,33H,10,12,14-16H2,1-3H3,(H,34,40)(H,35,36). The van der Waals surface area contributed by atoms with E-state index < -0.39 is 0 Å². The monoisotopic (exact) mass is 532 g/mol. The summed E-state index contributed by atoms with van der Waals surface area (Å²) >= 11 is 0. The molecule has 1 aliphatic rings. The fourth-order valence-corrected chi connectivity index (χ4v) is 5.74. The number of H-pyrrole nitrogens is 1. The predicted octanol–water partition coefficient (Wildman–Crippen LogP) is 5.11. The van der Waals surface area contributed by atoms with E-state index in [1.807, 2.05) is 19.1 Å². The van der Waals surface area contributed by atoms with Gasteiger partial charge in [0.25, 0.3) is 11.7 Å². The summed E-state index contributed by atoms with van der Waals surface area (Å²) in [5, 5.41) is 13.5. The normalized spacial score (nSPS) is 14.8. The first-order chi connectivity index (χ1) is 19.3. The van der Waals surface area contributed by atoms with Crippen LogP contribution in [0.15, 0.2) is 54.6 Å². The Labute approximate surface area is 232 Å². The first-order valence-corrected chi connectivity index (χ1v) is 13.7. The Morgan fingerprint density at radius 3 is 2.70 bits per heavy atom. The highest BCUT2D eigenvalue weighted by Gasteiger charge is 2.27. The molecule has 0 aliphatic heterocycles. The van der Waals surface area contributed by atoms with Crippen molar-refractivity contribution in [1.29, 1.82) is 5.41 Å². The van der Waals surface area contributed by atoms with Gasteiger partial charge in [0.2, 0.25) is 0 Å². The lowest BCUT2D eigenvalue weighted by atomic mass is 9.87. The molecule has 0 saturated carbocycles. The van der Waals surface area contributed by atoms with Crippen LogP contribution in [0, 0.1) is 18.3 Å². The Morgan fingerprint density at radius 2 is 1.90 bits per heavy atom. The number of ketones is 1. The van der Waals surface area contributed by atoms with Gasteiger partial charge in [-0.3, -0.25) is 9.59 Å². The second-order valence-electron chi connectivity index (χ2n) is 10.8. The Morgan fingerprint density at radius 1 is 1.10 bits per heavy atom. The molecule has 8 nitrogen and oxygen atoms in total. The summed E-state index contributed by atoms with van der Waals surface area (Å²) in [6.45, 7) is 4.46. The smallest absolute Gasteiger partial charge is 0.263 e. The van der Waals surface area contributed by atoms with E-state index in [-0.39, 0.29) is 29.3 Å². The van der Waals surface area contributed by atoms with Crippen LogP contribution in [-0.4, -0.2) is 43.5 Å². The van der Waals surface area contributed by atoms with Gasteiger partial charge in [-0.2, -0.15) is 0 Å². The van der Waals surface area contributed by atoms with Crippen molar-refractivity contribution < 1.29 is 9.59 Å². The number of amides is 1. The van der Waals surface area contributed by atoms with E-state index in [4.69, 9.17) is 5.41 Å². The number of aromatic amines is 1. The second kappa shape index (κ2) is 10.2. The molecule has 2 aromatic heterocycles. The van der Waals surface area contributed by atoms with Crippen molar-refractivity contribution in [2.75, 3.05) is 6.54 Å². The predicted molar refractivity (Wildman–Crippen MR) is 156 cm³/mol.